The Bertz CT molecular complexity index is 1420. The van der Waals surface area contributed by atoms with Crippen molar-refractivity contribution in [1.29, 1.82) is 0 Å². The fraction of sp³-hybridized carbons (Fsp3) is 0.484. The molecule has 2 amide bonds. The minimum absolute atomic E-state index is 0.00665. The molecule has 1 aliphatic heterocycles. The zero-order chi connectivity index (χ0) is 32.2. The second-order valence-electron chi connectivity index (χ2n) is 11.3. The van der Waals surface area contributed by atoms with E-state index in [1.807, 2.05) is 19.1 Å². The van der Waals surface area contributed by atoms with Gasteiger partial charge in [0.05, 0.1) is 11.8 Å². The Kier molecular flexibility index (Phi) is 10.0. The van der Waals surface area contributed by atoms with Gasteiger partial charge in [-0.1, -0.05) is 35.9 Å². The van der Waals surface area contributed by atoms with Crippen molar-refractivity contribution in [3.8, 4) is 5.75 Å². The maximum absolute atomic E-state index is 13.6. The molecule has 238 valence electrons. The molecule has 0 aromatic heterocycles. The Labute approximate surface area is 250 Å². The van der Waals surface area contributed by atoms with E-state index in [2.05, 4.69) is 10.3 Å². The SMILES string of the molecule is Cc1cccc(C2=N[C@H](NC(=O)[C@H](CCC(F)(F)F)[C@H](CCCC(F)(F)F)C(N)=O)C(=O)Cc3c(OC4CC4)cccc32)c1. The molecule has 1 aliphatic carbocycles. The number of carbonyl (C=O) groups is 3. The van der Waals surface area contributed by atoms with Gasteiger partial charge < -0.3 is 15.8 Å². The van der Waals surface area contributed by atoms with Crippen molar-refractivity contribution in [1.82, 2.24) is 5.32 Å². The normalized spacial score (nSPS) is 18.5. The second kappa shape index (κ2) is 13.4. The van der Waals surface area contributed by atoms with Crippen molar-refractivity contribution in [2.75, 3.05) is 0 Å². The van der Waals surface area contributed by atoms with Crippen LogP contribution in [0.1, 0.15) is 67.2 Å². The standard InChI is InChI=1S/C31H33F6N3O4/c1-17-5-2-6-18(15-17)26-20-7-3-9-25(44-19-10-11-19)23(20)16-24(41)28(39-26)40-29(43)22(12-14-31(35,36)37)21(27(38)42)8-4-13-30(32,33)34/h2-3,5-7,9,15,19,21-22,28H,4,8,10-14,16H2,1H3,(H2,38,42)(H,40,43)/t21-,22+,28+/m0/s1. The number of benzene rings is 2. The van der Waals surface area contributed by atoms with E-state index in [9.17, 15) is 40.7 Å². The number of ketones is 1. The first kappa shape index (κ1) is 33.0. The summed E-state index contributed by atoms with van der Waals surface area (Å²) in [4.78, 5) is 43.9. The first-order chi connectivity index (χ1) is 20.6. The minimum atomic E-state index is -4.72. The molecule has 3 atom stereocenters. The Morgan fingerprint density at radius 3 is 2.30 bits per heavy atom. The number of aliphatic imine (C=N–C) groups is 1. The van der Waals surface area contributed by atoms with Crippen LogP contribution in [0, 0.1) is 18.8 Å². The molecule has 0 radical (unpaired) electrons. The summed E-state index contributed by atoms with van der Waals surface area (Å²) in [5, 5.41) is 2.39. The van der Waals surface area contributed by atoms with Gasteiger partial charge in [-0.05, 0) is 51.2 Å². The molecule has 44 heavy (non-hydrogen) atoms. The molecule has 13 heteroatoms. The highest BCUT2D eigenvalue weighted by Crippen LogP contribution is 2.35. The third kappa shape index (κ3) is 9.06. The highest BCUT2D eigenvalue weighted by atomic mass is 19.4. The molecule has 1 saturated carbocycles. The summed E-state index contributed by atoms with van der Waals surface area (Å²) in [5.74, 6) is -5.82. The zero-order valence-electron chi connectivity index (χ0n) is 23.9. The van der Waals surface area contributed by atoms with Gasteiger partial charge >= 0.3 is 12.4 Å². The summed E-state index contributed by atoms with van der Waals surface area (Å²) in [6.45, 7) is 1.85. The monoisotopic (exact) mass is 625 g/mol. The lowest BCUT2D eigenvalue weighted by molar-refractivity contribution is -0.147. The number of halogens is 6. The van der Waals surface area contributed by atoms with Gasteiger partial charge in [0.1, 0.15) is 5.75 Å². The second-order valence-corrected chi connectivity index (χ2v) is 11.3. The lowest BCUT2D eigenvalue weighted by atomic mass is 9.83. The van der Waals surface area contributed by atoms with E-state index < -0.39 is 80.1 Å². The number of fused-ring (bicyclic) bond motifs is 1. The quantitative estimate of drug-likeness (QED) is 0.294. The zero-order valence-corrected chi connectivity index (χ0v) is 23.9. The third-order valence-corrected chi connectivity index (χ3v) is 7.59. The molecule has 0 unspecified atom stereocenters. The van der Waals surface area contributed by atoms with E-state index in [1.54, 1.807) is 30.3 Å². The van der Waals surface area contributed by atoms with Gasteiger partial charge in [0, 0.05) is 47.8 Å². The average molecular weight is 626 g/mol. The summed E-state index contributed by atoms with van der Waals surface area (Å²) in [5.41, 5.74) is 8.34. The number of amides is 2. The van der Waals surface area contributed by atoms with Crippen LogP contribution < -0.4 is 15.8 Å². The fourth-order valence-electron chi connectivity index (χ4n) is 5.26. The number of hydrogen-bond acceptors (Lipinski definition) is 5. The molecule has 2 aliphatic rings. The summed E-state index contributed by atoms with van der Waals surface area (Å²) in [6.07, 6.45) is -14.2. The van der Waals surface area contributed by atoms with Crippen LogP contribution in [0.2, 0.25) is 0 Å². The molecule has 3 N–H and O–H groups in total. The van der Waals surface area contributed by atoms with Crippen LogP contribution in [-0.2, 0) is 20.8 Å². The summed E-state index contributed by atoms with van der Waals surface area (Å²) in [6, 6.07) is 12.4. The maximum atomic E-state index is 13.6. The van der Waals surface area contributed by atoms with Crippen molar-refractivity contribution in [2.45, 2.75) is 82.9 Å². The molecule has 4 rings (SSSR count). The van der Waals surface area contributed by atoms with Gasteiger partial charge in [-0.25, -0.2) is 0 Å². The summed E-state index contributed by atoms with van der Waals surface area (Å²) >= 11 is 0. The number of nitrogens with one attached hydrogen (secondary N) is 1. The van der Waals surface area contributed by atoms with Crippen LogP contribution in [0.25, 0.3) is 0 Å². The molecule has 1 heterocycles. The van der Waals surface area contributed by atoms with Gasteiger partial charge in [0.2, 0.25) is 11.8 Å². The van der Waals surface area contributed by atoms with E-state index >= 15 is 0 Å². The summed E-state index contributed by atoms with van der Waals surface area (Å²) < 4.78 is 84.0. The van der Waals surface area contributed by atoms with Gasteiger partial charge in [0.25, 0.3) is 0 Å². The maximum Gasteiger partial charge on any atom is 0.389 e. The number of Topliss-reactive ketones (excluding diaryl/α,β-unsaturated/α-hetero) is 1. The van der Waals surface area contributed by atoms with E-state index in [4.69, 9.17) is 10.5 Å². The number of rotatable bonds is 12. The number of hydrogen-bond donors (Lipinski definition) is 2. The first-order valence-electron chi connectivity index (χ1n) is 14.3. The Hall–Kier alpha value is -3.90. The van der Waals surface area contributed by atoms with Gasteiger partial charge in [-0.3, -0.25) is 19.4 Å². The fourth-order valence-corrected chi connectivity index (χ4v) is 5.26. The average Bonchev–Trinajstić information content (AvgIpc) is 3.74. The molecule has 2 aromatic rings. The van der Waals surface area contributed by atoms with Crippen LogP contribution >= 0.6 is 0 Å². The van der Waals surface area contributed by atoms with E-state index in [1.165, 1.54) is 0 Å². The minimum Gasteiger partial charge on any atom is -0.490 e. The predicted molar refractivity (Wildman–Crippen MR) is 149 cm³/mol. The Morgan fingerprint density at radius 2 is 1.68 bits per heavy atom. The molecule has 7 nitrogen and oxygen atoms in total. The molecule has 1 fully saturated rings. The number of aryl methyl sites for hydroxylation is 1. The molecular weight excluding hydrogens is 592 g/mol. The largest absolute Gasteiger partial charge is 0.490 e. The van der Waals surface area contributed by atoms with Crippen molar-refractivity contribution < 1.29 is 45.5 Å². The van der Waals surface area contributed by atoms with Crippen LogP contribution in [-0.4, -0.2) is 47.9 Å². The number of alkyl halides is 6. The first-order valence-corrected chi connectivity index (χ1v) is 14.3. The molecule has 2 aromatic carbocycles. The smallest absolute Gasteiger partial charge is 0.389 e. The highest BCUT2D eigenvalue weighted by Gasteiger charge is 2.39. The lowest BCUT2D eigenvalue weighted by Gasteiger charge is -2.26. The third-order valence-electron chi connectivity index (χ3n) is 7.59. The highest BCUT2D eigenvalue weighted by molar-refractivity contribution is 6.16. The van der Waals surface area contributed by atoms with Crippen LogP contribution in [0.4, 0.5) is 26.3 Å². The van der Waals surface area contributed by atoms with E-state index in [0.29, 0.717) is 28.2 Å². The topological polar surface area (TPSA) is 111 Å². The number of ether oxygens (including phenoxy) is 1. The number of nitrogens with two attached hydrogens (primary N) is 1. The lowest BCUT2D eigenvalue weighted by Crippen LogP contribution is -2.47. The number of carbonyl (C=O) groups excluding carboxylic acids is 3. The van der Waals surface area contributed by atoms with Crippen LogP contribution in [0.15, 0.2) is 47.5 Å². The molecule has 0 spiro atoms. The van der Waals surface area contributed by atoms with Crippen molar-refractivity contribution >= 4 is 23.3 Å². The van der Waals surface area contributed by atoms with Crippen LogP contribution in [0.5, 0.6) is 5.75 Å². The van der Waals surface area contributed by atoms with Gasteiger partial charge in [-0.2, -0.15) is 26.3 Å². The number of nitrogens with zero attached hydrogens (tertiary/aromatic N) is 1. The predicted octanol–water partition coefficient (Wildman–Crippen LogP) is 5.73. The Balaban J connectivity index is 1.69. The molecule has 0 saturated heterocycles. The van der Waals surface area contributed by atoms with Gasteiger partial charge in [-0.15, -0.1) is 0 Å². The van der Waals surface area contributed by atoms with Crippen molar-refractivity contribution in [2.24, 2.45) is 22.6 Å². The van der Waals surface area contributed by atoms with Gasteiger partial charge in [0.15, 0.2) is 11.9 Å². The van der Waals surface area contributed by atoms with Crippen molar-refractivity contribution in [3.05, 3.63) is 64.7 Å². The van der Waals surface area contributed by atoms with E-state index in [-0.39, 0.29) is 12.5 Å². The van der Waals surface area contributed by atoms with Crippen LogP contribution in [0.3, 0.4) is 0 Å². The molecular formula is C31H33F6N3O4. The molecule has 0 bridgehead atoms. The summed E-state index contributed by atoms with van der Waals surface area (Å²) in [7, 11) is 0. The number of primary amides is 1. The van der Waals surface area contributed by atoms with E-state index in [0.717, 1.165) is 18.4 Å². The van der Waals surface area contributed by atoms with Crippen molar-refractivity contribution in [3.63, 3.8) is 0 Å². The Morgan fingerprint density at radius 1 is 1.00 bits per heavy atom.